The summed E-state index contributed by atoms with van der Waals surface area (Å²) in [4.78, 5) is 1.15. The number of likely N-dealkylation sites (N-methyl/N-ethyl adjacent to an activating group) is 1. The summed E-state index contributed by atoms with van der Waals surface area (Å²) >= 11 is 7.80. The Labute approximate surface area is 111 Å². The van der Waals surface area contributed by atoms with Crippen molar-refractivity contribution in [3.05, 3.63) is 46.3 Å². The van der Waals surface area contributed by atoms with Gasteiger partial charge in [0.1, 0.15) is 0 Å². The van der Waals surface area contributed by atoms with Crippen molar-refractivity contribution in [2.45, 2.75) is 19.4 Å². The molecule has 2 rings (SSSR count). The third-order valence-corrected chi connectivity index (χ3v) is 4.26. The van der Waals surface area contributed by atoms with E-state index in [1.54, 1.807) is 11.3 Å². The molecule has 1 aromatic heterocycles. The minimum absolute atomic E-state index is 0.506. The van der Waals surface area contributed by atoms with Crippen molar-refractivity contribution in [2.75, 3.05) is 7.05 Å². The third-order valence-electron chi connectivity index (χ3n) is 2.87. The first-order valence-electron chi connectivity index (χ1n) is 5.70. The van der Waals surface area contributed by atoms with Crippen molar-refractivity contribution >= 4 is 22.9 Å². The molecule has 0 aliphatic rings. The van der Waals surface area contributed by atoms with Gasteiger partial charge < -0.3 is 5.32 Å². The van der Waals surface area contributed by atoms with Crippen molar-refractivity contribution in [1.29, 1.82) is 0 Å². The summed E-state index contributed by atoms with van der Waals surface area (Å²) in [7, 11) is 1.99. The Morgan fingerprint density at radius 3 is 2.47 bits per heavy atom. The van der Waals surface area contributed by atoms with Gasteiger partial charge in [-0.05, 0) is 43.0 Å². The zero-order valence-corrected chi connectivity index (χ0v) is 11.6. The minimum Gasteiger partial charge on any atom is -0.317 e. The van der Waals surface area contributed by atoms with Crippen LogP contribution in [0.4, 0.5) is 0 Å². The molecule has 1 nitrogen and oxygen atoms in total. The normalized spacial score (nSPS) is 12.6. The van der Waals surface area contributed by atoms with Crippen molar-refractivity contribution < 1.29 is 0 Å². The van der Waals surface area contributed by atoms with E-state index in [1.165, 1.54) is 11.1 Å². The molecular formula is C14H16ClNS. The van der Waals surface area contributed by atoms with E-state index in [-0.39, 0.29) is 0 Å². The molecule has 0 bridgehead atoms. The molecule has 3 heteroatoms. The van der Waals surface area contributed by atoms with E-state index in [4.69, 9.17) is 11.6 Å². The van der Waals surface area contributed by atoms with E-state index in [2.05, 4.69) is 36.5 Å². The summed E-state index contributed by atoms with van der Waals surface area (Å²) in [5, 5.41) is 6.11. The van der Waals surface area contributed by atoms with E-state index in [9.17, 15) is 0 Å². The lowest BCUT2D eigenvalue weighted by Crippen LogP contribution is -2.23. The summed E-state index contributed by atoms with van der Waals surface area (Å²) < 4.78 is 0. The average molecular weight is 266 g/mol. The Balaban J connectivity index is 2.16. The van der Waals surface area contributed by atoms with Gasteiger partial charge in [-0.3, -0.25) is 0 Å². The molecule has 1 heterocycles. The number of hydrogen-bond acceptors (Lipinski definition) is 2. The van der Waals surface area contributed by atoms with Crippen LogP contribution in [0.25, 0.3) is 10.4 Å². The average Bonchev–Trinajstić information content (AvgIpc) is 2.76. The molecule has 0 saturated carbocycles. The first kappa shape index (κ1) is 12.6. The molecule has 0 amide bonds. The van der Waals surface area contributed by atoms with Gasteiger partial charge in [-0.2, -0.15) is 0 Å². The number of halogens is 1. The van der Waals surface area contributed by atoms with Crippen molar-refractivity contribution in [1.82, 2.24) is 5.32 Å². The highest BCUT2D eigenvalue weighted by atomic mass is 35.5. The van der Waals surface area contributed by atoms with Gasteiger partial charge in [0.05, 0.1) is 9.90 Å². The Kier molecular flexibility index (Phi) is 4.21. The molecule has 0 aliphatic carbocycles. The lowest BCUT2D eigenvalue weighted by Gasteiger charge is -2.10. The van der Waals surface area contributed by atoms with Crippen molar-refractivity contribution in [3.8, 4) is 10.4 Å². The Bertz CT molecular complexity index is 475. The Morgan fingerprint density at radius 2 is 1.94 bits per heavy atom. The van der Waals surface area contributed by atoms with Gasteiger partial charge in [-0.1, -0.05) is 35.9 Å². The molecule has 17 heavy (non-hydrogen) atoms. The fourth-order valence-corrected chi connectivity index (χ4v) is 2.92. The molecule has 1 N–H and O–H groups in total. The molecule has 0 radical (unpaired) electrons. The number of thiophene rings is 1. The van der Waals surface area contributed by atoms with Crippen LogP contribution in [-0.4, -0.2) is 13.1 Å². The Morgan fingerprint density at radius 1 is 1.24 bits per heavy atom. The van der Waals surface area contributed by atoms with E-state index in [1.807, 2.05) is 18.5 Å². The van der Waals surface area contributed by atoms with Crippen molar-refractivity contribution in [3.63, 3.8) is 0 Å². The second kappa shape index (κ2) is 5.67. The summed E-state index contributed by atoms with van der Waals surface area (Å²) in [5.74, 6) is 0. The molecule has 1 atom stereocenters. The predicted molar refractivity (Wildman–Crippen MR) is 77.0 cm³/mol. The van der Waals surface area contributed by atoms with Gasteiger partial charge in [0.2, 0.25) is 0 Å². The van der Waals surface area contributed by atoms with Gasteiger partial charge in [0.15, 0.2) is 0 Å². The van der Waals surface area contributed by atoms with E-state index < -0.39 is 0 Å². The zero-order chi connectivity index (χ0) is 12.3. The van der Waals surface area contributed by atoms with Gasteiger partial charge in [-0.25, -0.2) is 0 Å². The smallest absolute Gasteiger partial charge is 0.0592 e. The van der Waals surface area contributed by atoms with Crippen LogP contribution in [0.1, 0.15) is 12.5 Å². The summed E-state index contributed by atoms with van der Waals surface area (Å²) in [5.41, 5.74) is 2.55. The molecule has 1 aromatic carbocycles. The largest absolute Gasteiger partial charge is 0.317 e. The van der Waals surface area contributed by atoms with Crippen LogP contribution in [0.3, 0.4) is 0 Å². The topological polar surface area (TPSA) is 12.0 Å². The van der Waals surface area contributed by atoms with E-state index >= 15 is 0 Å². The molecular weight excluding hydrogens is 250 g/mol. The van der Waals surface area contributed by atoms with Crippen LogP contribution in [0, 0.1) is 0 Å². The maximum atomic E-state index is 6.12. The maximum Gasteiger partial charge on any atom is 0.0592 e. The highest BCUT2D eigenvalue weighted by Crippen LogP contribution is 2.33. The van der Waals surface area contributed by atoms with Crippen LogP contribution in [-0.2, 0) is 6.42 Å². The zero-order valence-electron chi connectivity index (χ0n) is 10.0. The van der Waals surface area contributed by atoms with Crippen LogP contribution < -0.4 is 5.32 Å². The van der Waals surface area contributed by atoms with E-state index in [0.717, 1.165) is 16.3 Å². The minimum atomic E-state index is 0.506. The molecule has 1 unspecified atom stereocenters. The number of benzene rings is 1. The van der Waals surface area contributed by atoms with Crippen LogP contribution in [0.15, 0.2) is 35.7 Å². The van der Waals surface area contributed by atoms with E-state index in [0.29, 0.717) is 6.04 Å². The summed E-state index contributed by atoms with van der Waals surface area (Å²) in [6.07, 6.45) is 1.05. The fourth-order valence-electron chi connectivity index (χ4n) is 1.75. The SMILES string of the molecule is CNC(C)Cc1ccc(-c2sccc2Cl)cc1. The molecule has 0 aliphatic heterocycles. The second-order valence-electron chi connectivity index (χ2n) is 4.19. The predicted octanol–water partition coefficient (Wildman–Crippen LogP) is 4.22. The first-order valence-corrected chi connectivity index (χ1v) is 6.96. The van der Waals surface area contributed by atoms with Gasteiger partial charge in [-0.15, -0.1) is 11.3 Å². The monoisotopic (exact) mass is 265 g/mol. The van der Waals surface area contributed by atoms with Gasteiger partial charge in [0.25, 0.3) is 0 Å². The van der Waals surface area contributed by atoms with Crippen LogP contribution >= 0.6 is 22.9 Å². The van der Waals surface area contributed by atoms with Crippen molar-refractivity contribution in [2.24, 2.45) is 0 Å². The molecule has 0 spiro atoms. The second-order valence-corrected chi connectivity index (χ2v) is 5.51. The maximum absolute atomic E-state index is 6.12. The highest BCUT2D eigenvalue weighted by molar-refractivity contribution is 7.14. The first-order chi connectivity index (χ1) is 8.20. The molecule has 90 valence electrons. The fraction of sp³-hybridized carbons (Fsp3) is 0.286. The lowest BCUT2D eigenvalue weighted by molar-refractivity contribution is 0.608. The molecule has 0 saturated heterocycles. The standard InChI is InChI=1S/C14H16ClNS/c1-10(16-2)9-11-3-5-12(6-4-11)14-13(15)7-8-17-14/h3-8,10,16H,9H2,1-2H3. The highest BCUT2D eigenvalue weighted by Gasteiger charge is 2.05. The van der Waals surface area contributed by atoms with Crippen LogP contribution in [0.2, 0.25) is 5.02 Å². The molecule has 0 fully saturated rings. The number of nitrogens with one attached hydrogen (secondary N) is 1. The third kappa shape index (κ3) is 3.09. The Hall–Kier alpha value is -0.830. The number of hydrogen-bond donors (Lipinski definition) is 1. The van der Waals surface area contributed by atoms with Gasteiger partial charge in [0, 0.05) is 6.04 Å². The number of rotatable bonds is 4. The van der Waals surface area contributed by atoms with Gasteiger partial charge >= 0.3 is 0 Å². The van der Waals surface area contributed by atoms with Crippen LogP contribution in [0.5, 0.6) is 0 Å². The molecule has 2 aromatic rings. The summed E-state index contributed by atoms with van der Waals surface area (Å²) in [6, 6.07) is 11.1. The lowest BCUT2D eigenvalue weighted by atomic mass is 10.0. The summed E-state index contributed by atoms with van der Waals surface area (Å²) in [6.45, 7) is 2.18. The quantitative estimate of drug-likeness (QED) is 0.873.